The van der Waals surface area contributed by atoms with Gasteiger partial charge in [0, 0.05) is 37.9 Å². The largest absolute Gasteiger partial charge is 0.452 e. The third kappa shape index (κ3) is 3.32. The van der Waals surface area contributed by atoms with Crippen LogP contribution in [0.4, 0.5) is 0 Å². The van der Waals surface area contributed by atoms with Crippen molar-refractivity contribution in [2.45, 2.75) is 0 Å². The minimum Gasteiger partial charge on any atom is -0.452 e. The molecule has 0 saturated heterocycles. The molecule has 0 amide bonds. The highest BCUT2D eigenvalue weighted by atomic mass is 16.4. The Balaban J connectivity index is 1.28. The Morgan fingerprint density at radius 2 is 1.09 bits per heavy atom. The van der Waals surface area contributed by atoms with E-state index in [4.69, 9.17) is 18.8 Å². The Morgan fingerprint density at radius 3 is 1.98 bits per heavy atom. The number of benzene rings is 7. The lowest BCUT2D eigenvalue weighted by atomic mass is 10.0. The molecule has 5 heteroatoms. The van der Waals surface area contributed by atoms with Crippen LogP contribution in [0.25, 0.3) is 105 Å². The predicted octanol–water partition coefficient (Wildman–Crippen LogP) is 11.3. The second kappa shape index (κ2) is 9.05. The number of aromatic nitrogens is 3. The van der Waals surface area contributed by atoms with Gasteiger partial charge in [-0.05, 0) is 59.3 Å². The van der Waals surface area contributed by atoms with Crippen LogP contribution in [0.2, 0.25) is 0 Å². The summed E-state index contributed by atoms with van der Waals surface area (Å²) in [6.07, 6.45) is 0. The van der Waals surface area contributed by atoms with Gasteiger partial charge in [0.15, 0.2) is 17.0 Å². The van der Waals surface area contributed by atoms with Crippen LogP contribution in [0, 0.1) is 0 Å². The number of hydrogen-bond donors (Lipinski definition) is 0. The fourth-order valence-corrected chi connectivity index (χ4v) is 7.52. The Labute approximate surface area is 266 Å². The third-order valence-corrected chi connectivity index (χ3v) is 9.59. The lowest BCUT2D eigenvalue weighted by molar-refractivity contribution is 0.634. The first-order valence-electron chi connectivity index (χ1n) is 15.8. The van der Waals surface area contributed by atoms with E-state index in [0.717, 1.165) is 83.0 Å². The number of nitrogens with zero attached hydrogens (tertiary/aromatic N) is 3. The summed E-state index contributed by atoms with van der Waals surface area (Å²) in [6.45, 7) is 0. The van der Waals surface area contributed by atoms with Gasteiger partial charge in [-0.25, -0.2) is 9.97 Å². The van der Waals surface area contributed by atoms with Gasteiger partial charge in [0.2, 0.25) is 0 Å². The van der Waals surface area contributed by atoms with Gasteiger partial charge in [-0.1, -0.05) is 91.0 Å². The molecule has 0 saturated carbocycles. The van der Waals surface area contributed by atoms with Crippen molar-refractivity contribution in [3.05, 3.63) is 140 Å². The molecule has 0 fully saturated rings. The smallest absolute Gasteiger partial charge is 0.178 e. The van der Waals surface area contributed by atoms with Gasteiger partial charge in [-0.3, -0.25) is 4.57 Å². The Hall–Kier alpha value is -6.46. The van der Waals surface area contributed by atoms with Crippen LogP contribution in [0.3, 0.4) is 0 Å². The Morgan fingerprint density at radius 1 is 0.426 bits per heavy atom. The topological polar surface area (TPSA) is 57.0 Å². The van der Waals surface area contributed by atoms with Crippen molar-refractivity contribution in [1.82, 2.24) is 14.5 Å². The molecule has 47 heavy (non-hydrogen) atoms. The Kier molecular flexibility index (Phi) is 4.78. The summed E-state index contributed by atoms with van der Waals surface area (Å²) in [4.78, 5) is 10.7. The fourth-order valence-electron chi connectivity index (χ4n) is 7.52. The van der Waals surface area contributed by atoms with Gasteiger partial charge in [-0.15, -0.1) is 0 Å². The van der Waals surface area contributed by atoms with Gasteiger partial charge in [0.1, 0.15) is 16.9 Å². The van der Waals surface area contributed by atoms with Crippen LogP contribution in [0.1, 0.15) is 0 Å². The number of hydrogen-bond acceptors (Lipinski definition) is 4. The number of para-hydroxylation sites is 5. The van der Waals surface area contributed by atoms with E-state index in [1.807, 2.05) is 42.5 Å². The maximum absolute atomic E-state index is 6.83. The van der Waals surface area contributed by atoms with Gasteiger partial charge in [0.25, 0.3) is 0 Å². The molecule has 11 aromatic rings. The van der Waals surface area contributed by atoms with E-state index < -0.39 is 0 Å². The average Bonchev–Trinajstić information content (AvgIpc) is 3.81. The minimum atomic E-state index is 0.736. The van der Waals surface area contributed by atoms with Crippen LogP contribution in [0.15, 0.2) is 148 Å². The molecule has 0 N–H and O–H groups in total. The van der Waals surface area contributed by atoms with E-state index in [9.17, 15) is 0 Å². The zero-order valence-electron chi connectivity index (χ0n) is 24.9. The van der Waals surface area contributed by atoms with Crippen LogP contribution in [-0.2, 0) is 0 Å². The molecule has 4 aromatic heterocycles. The summed E-state index contributed by atoms with van der Waals surface area (Å²) in [5.41, 5.74) is 8.54. The first-order valence-corrected chi connectivity index (χ1v) is 15.8. The fraction of sp³-hybridized carbons (Fsp3) is 0. The quantitative estimate of drug-likeness (QED) is 0.198. The monoisotopic (exact) mass is 601 g/mol. The lowest BCUT2D eigenvalue weighted by Gasteiger charge is -2.14. The molecule has 0 aliphatic carbocycles. The lowest BCUT2D eigenvalue weighted by Crippen LogP contribution is -2.03. The van der Waals surface area contributed by atoms with Crippen molar-refractivity contribution >= 4 is 87.5 Å². The van der Waals surface area contributed by atoms with E-state index >= 15 is 0 Å². The molecule has 218 valence electrons. The van der Waals surface area contributed by atoms with Crippen LogP contribution < -0.4 is 0 Å². The maximum Gasteiger partial charge on any atom is 0.178 e. The summed E-state index contributed by atoms with van der Waals surface area (Å²) in [5, 5.41) is 8.93. The molecular formula is C42H23N3O2. The first-order chi connectivity index (χ1) is 23.3. The molecule has 0 unspecified atom stereocenters. The minimum absolute atomic E-state index is 0.736. The second-order valence-corrected chi connectivity index (χ2v) is 12.1. The molecule has 7 aromatic carbocycles. The first kappa shape index (κ1) is 24.8. The highest BCUT2D eigenvalue weighted by Gasteiger charge is 2.24. The maximum atomic E-state index is 6.83. The van der Waals surface area contributed by atoms with Gasteiger partial charge < -0.3 is 8.83 Å². The predicted molar refractivity (Wildman–Crippen MR) is 191 cm³/mol. The molecule has 4 heterocycles. The molecular weight excluding hydrogens is 578 g/mol. The second-order valence-electron chi connectivity index (χ2n) is 12.1. The number of rotatable bonds is 2. The van der Waals surface area contributed by atoms with Gasteiger partial charge in [0.05, 0.1) is 22.1 Å². The van der Waals surface area contributed by atoms with E-state index in [2.05, 4.69) is 102 Å². The van der Waals surface area contributed by atoms with E-state index in [1.54, 1.807) is 0 Å². The van der Waals surface area contributed by atoms with Crippen molar-refractivity contribution in [1.29, 1.82) is 0 Å². The SMILES string of the molecule is c1ccc2c(c1)ccc1c2c2ccccc2n1-c1nc2ccccc2nc1-c1cccc2c1oc1c2ccc2c3ccccc3oc21. The van der Waals surface area contributed by atoms with Crippen LogP contribution in [-0.4, -0.2) is 14.5 Å². The van der Waals surface area contributed by atoms with Crippen LogP contribution >= 0.6 is 0 Å². The molecule has 11 rings (SSSR count). The van der Waals surface area contributed by atoms with Crippen molar-refractivity contribution in [2.24, 2.45) is 0 Å². The summed E-state index contributed by atoms with van der Waals surface area (Å²) < 4.78 is 15.5. The highest BCUT2D eigenvalue weighted by Crippen LogP contribution is 2.43. The van der Waals surface area contributed by atoms with E-state index in [-0.39, 0.29) is 0 Å². The van der Waals surface area contributed by atoms with Gasteiger partial charge in [-0.2, -0.15) is 0 Å². The van der Waals surface area contributed by atoms with E-state index in [0.29, 0.717) is 0 Å². The molecule has 0 spiro atoms. The highest BCUT2D eigenvalue weighted by molar-refractivity contribution is 6.22. The van der Waals surface area contributed by atoms with Crippen molar-refractivity contribution in [3.63, 3.8) is 0 Å². The molecule has 0 radical (unpaired) electrons. The summed E-state index contributed by atoms with van der Waals surface area (Å²) in [6, 6.07) is 48.3. The summed E-state index contributed by atoms with van der Waals surface area (Å²) in [5.74, 6) is 0.757. The zero-order chi connectivity index (χ0) is 30.6. The standard InChI is InChI=1S/C42H23N3O2/c1-2-11-25-24(10-1)20-23-35-37(25)30-13-3-7-18-34(30)45(35)42-38(43-32-16-5-6-17-33(32)44-42)31-15-9-14-27-29-22-21-28-26-12-4-8-19-36(26)46-40(28)41(29)47-39(27)31/h1-23H. The third-order valence-electron chi connectivity index (χ3n) is 9.59. The Bertz CT molecular complexity index is 3090. The summed E-state index contributed by atoms with van der Waals surface area (Å²) >= 11 is 0. The molecule has 0 bridgehead atoms. The molecule has 0 atom stereocenters. The molecule has 0 aliphatic heterocycles. The van der Waals surface area contributed by atoms with Gasteiger partial charge >= 0.3 is 0 Å². The molecule has 0 aliphatic rings. The van der Waals surface area contributed by atoms with Crippen molar-refractivity contribution in [3.8, 4) is 17.1 Å². The number of fused-ring (bicyclic) bond motifs is 13. The zero-order valence-corrected chi connectivity index (χ0v) is 24.9. The number of furan rings is 2. The normalized spacial score (nSPS) is 12.3. The molecule has 5 nitrogen and oxygen atoms in total. The van der Waals surface area contributed by atoms with Crippen LogP contribution in [0.5, 0.6) is 0 Å². The van der Waals surface area contributed by atoms with E-state index in [1.165, 1.54) is 21.5 Å². The van der Waals surface area contributed by atoms with Crippen molar-refractivity contribution < 1.29 is 8.83 Å². The van der Waals surface area contributed by atoms with Crippen molar-refractivity contribution in [2.75, 3.05) is 0 Å². The summed E-state index contributed by atoms with van der Waals surface area (Å²) in [7, 11) is 0. The average molecular weight is 602 g/mol.